The normalized spacial score (nSPS) is 13.2. The number of carbonyl (C=O) groups is 2. The SMILES string of the molecule is O=C1c2ccccc2C(=O)c2oc(=O)ccc21. The quantitative estimate of drug-likeness (QED) is 0.581. The van der Waals surface area contributed by atoms with Gasteiger partial charge in [-0.05, 0) is 6.07 Å². The second-order valence-electron chi connectivity index (χ2n) is 3.70. The summed E-state index contributed by atoms with van der Waals surface area (Å²) in [4.78, 5) is 35.1. The summed E-state index contributed by atoms with van der Waals surface area (Å²) in [7, 11) is 0. The molecule has 17 heavy (non-hydrogen) atoms. The van der Waals surface area contributed by atoms with Gasteiger partial charge in [0.25, 0.3) is 0 Å². The topological polar surface area (TPSA) is 64.3 Å². The maximum atomic E-state index is 12.1. The highest BCUT2D eigenvalue weighted by Crippen LogP contribution is 2.25. The molecule has 0 fully saturated rings. The molecule has 0 N–H and O–H groups in total. The summed E-state index contributed by atoms with van der Waals surface area (Å²) in [5.74, 6) is -0.881. The van der Waals surface area contributed by atoms with Gasteiger partial charge in [0.2, 0.25) is 5.78 Å². The van der Waals surface area contributed by atoms with Crippen molar-refractivity contribution in [1.82, 2.24) is 0 Å². The molecule has 2 aromatic rings. The standard InChI is InChI=1S/C13H6O4/c14-10-6-5-9-11(15)7-3-1-2-4-8(7)12(16)13(9)17-10/h1-6H. The van der Waals surface area contributed by atoms with Crippen LogP contribution in [0.3, 0.4) is 0 Å². The van der Waals surface area contributed by atoms with Crippen molar-refractivity contribution < 1.29 is 14.0 Å². The monoisotopic (exact) mass is 226 g/mol. The van der Waals surface area contributed by atoms with Gasteiger partial charge in [0.1, 0.15) is 0 Å². The second-order valence-corrected chi connectivity index (χ2v) is 3.70. The number of fused-ring (bicyclic) bond motifs is 2. The number of carbonyl (C=O) groups excluding carboxylic acids is 2. The van der Waals surface area contributed by atoms with Crippen LogP contribution in [0.4, 0.5) is 0 Å². The first kappa shape index (κ1) is 9.72. The molecule has 1 aliphatic carbocycles. The predicted molar refractivity (Wildman–Crippen MR) is 58.3 cm³/mol. The molecule has 4 nitrogen and oxygen atoms in total. The molecule has 1 aliphatic rings. The average Bonchev–Trinajstić information content (AvgIpc) is 2.36. The third kappa shape index (κ3) is 1.27. The predicted octanol–water partition coefficient (Wildman–Crippen LogP) is 1.42. The van der Waals surface area contributed by atoms with Crippen LogP contribution in [0.2, 0.25) is 0 Å². The lowest BCUT2D eigenvalue weighted by Crippen LogP contribution is -2.22. The summed E-state index contributed by atoms with van der Waals surface area (Å²) in [6.07, 6.45) is 0. The molecule has 0 radical (unpaired) electrons. The minimum atomic E-state index is -0.635. The third-order valence-electron chi connectivity index (χ3n) is 2.70. The Morgan fingerprint density at radius 1 is 0.706 bits per heavy atom. The molecular formula is C13H6O4. The van der Waals surface area contributed by atoms with Crippen molar-refractivity contribution in [2.45, 2.75) is 0 Å². The van der Waals surface area contributed by atoms with Crippen LogP contribution in [-0.2, 0) is 0 Å². The molecule has 0 unspecified atom stereocenters. The molecule has 82 valence electrons. The zero-order valence-corrected chi connectivity index (χ0v) is 8.60. The molecule has 0 bridgehead atoms. The smallest absolute Gasteiger partial charge is 0.336 e. The summed E-state index contributed by atoms with van der Waals surface area (Å²) in [5.41, 5.74) is 0.135. The van der Waals surface area contributed by atoms with Crippen molar-refractivity contribution in [2.75, 3.05) is 0 Å². The summed E-state index contributed by atoms with van der Waals surface area (Å²) in [6, 6.07) is 8.95. The van der Waals surface area contributed by atoms with Gasteiger partial charge in [-0.25, -0.2) is 4.79 Å². The van der Waals surface area contributed by atoms with E-state index < -0.39 is 11.4 Å². The molecule has 0 amide bonds. The average molecular weight is 226 g/mol. The van der Waals surface area contributed by atoms with Crippen LogP contribution in [-0.4, -0.2) is 11.6 Å². The van der Waals surface area contributed by atoms with Crippen molar-refractivity contribution in [3.8, 4) is 0 Å². The number of ketones is 2. The first-order chi connectivity index (χ1) is 8.18. The lowest BCUT2D eigenvalue weighted by Gasteiger charge is -2.14. The zero-order chi connectivity index (χ0) is 12.0. The van der Waals surface area contributed by atoms with Gasteiger partial charge in [0.15, 0.2) is 11.5 Å². The summed E-state index contributed by atoms with van der Waals surface area (Å²) in [6.45, 7) is 0. The Balaban J connectivity index is 2.37. The highest BCUT2D eigenvalue weighted by atomic mass is 16.4. The fraction of sp³-hybridized carbons (Fsp3) is 0. The Morgan fingerprint density at radius 2 is 1.35 bits per heavy atom. The molecule has 1 aromatic heterocycles. The molecule has 0 atom stereocenters. The fourth-order valence-corrected chi connectivity index (χ4v) is 1.91. The molecule has 1 aromatic carbocycles. The molecular weight excluding hydrogens is 220 g/mol. The molecule has 1 heterocycles. The number of benzene rings is 1. The van der Waals surface area contributed by atoms with E-state index in [9.17, 15) is 14.4 Å². The van der Waals surface area contributed by atoms with Gasteiger partial charge in [-0.15, -0.1) is 0 Å². The lowest BCUT2D eigenvalue weighted by atomic mass is 9.88. The van der Waals surface area contributed by atoms with Crippen molar-refractivity contribution >= 4 is 11.6 Å². The molecule has 0 saturated carbocycles. The van der Waals surface area contributed by atoms with Gasteiger partial charge in [-0.3, -0.25) is 9.59 Å². The van der Waals surface area contributed by atoms with Crippen LogP contribution in [0.5, 0.6) is 0 Å². The lowest BCUT2D eigenvalue weighted by molar-refractivity contribution is 0.0953. The van der Waals surface area contributed by atoms with Crippen molar-refractivity contribution in [1.29, 1.82) is 0 Å². The highest BCUT2D eigenvalue weighted by molar-refractivity contribution is 6.27. The largest absolute Gasteiger partial charge is 0.418 e. The van der Waals surface area contributed by atoms with Crippen LogP contribution in [0, 0.1) is 0 Å². The van der Waals surface area contributed by atoms with Crippen LogP contribution < -0.4 is 5.63 Å². The molecule has 0 spiro atoms. The van der Waals surface area contributed by atoms with Crippen LogP contribution in [0.15, 0.2) is 45.6 Å². The van der Waals surface area contributed by atoms with E-state index in [4.69, 9.17) is 4.42 Å². The van der Waals surface area contributed by atoms with E-state index >= 15 is 0 Å². The maximum absolute atomic E-state index is 12.1. The zero-order valence-electron chi connectivity index (χ0n) is 8.60. The van der Waals surface area contributed by atoms with Crippen LogP contribution in [0.1, 0.15) is 32.0 Å². The van der Waals surface area contributed by atoms with E-state index in [1.165, 1.54) is 6.07 Å². The van der Waals surface area contributed by atoms with E-state index in [-0.39, 0.29) is 22.7 Å². The van der Waals surface area contributed by atoms with Gasteiger partial charge in [0.05, 0.1) is 5.56 Å². The van der Waals surface area contributed by atoms with Crippen molar-refractivity contribution in [2.24, 2.45) is 0 Å². The Hall–Kier alpha value is -2.49. The number of hydrogen-bond donors (Lipinski definition) is 0. The Kier molecular flexibility index (Phi) is 1.86. The van der Waals surface area contributed by atoms with E-state index in [1.54, 1.807) is 24.3 Å². The van der Waals surface area contributed by atoms with Gasteiger partial charge >= 0.3 is 5.63 Å². The van der Waals surface area contributed by atoms with E-state index in [1.807, 2.05) is 0 Å². The fourth-order valence-electron chi connectivity index (χ4n) is 1.91. The minimum Gasteiger partial charge on any atom is -0.418 e. The number of rotatable bonds is 0. The van der Waals surface area contributed by atoms with E-state index in [0.29, 0.717) is 5.56 Å². The van der Waals surface area contributed by atoms with Crippen LogP contribution >= 0.6 is 0 Å². The number of hydrogen-bond acceptors (Lipinski definition) is 4. The van der Waals surface area contributed by atoms with Gasteiger partial charge in [-0.1, -0.05) is 24.3 Å². The van der Waals surface area contributed by atoms with E-state index in [2.05, 4.69) is 0 Å². The third-order valence-corrected chi connectivity index (χ3v) is 2.70. The summed E-state index contributed by atoms with van der Waals surface area (Å²) in [5, 5.41) is 0. The highest BCUT2D eigenvalue weighted by Gasteiger charge is 2.31. The molecule has 0 saturated heterocycles. The molecule has 3 rings (SSSR count). The summed E-state index contributed by atoms with van der Waals surface area (Å²) >= 11 is 0. The van der Waals surface area contributed by atoms with Crippen LogP contribution in [0.25, 0.3) is 0 Å². The maximum Gasteiger partial charge on any atom is 0.336 e. The molecule has 0 aliphatic heterocycles. The molecule has 4 heteroatoms. The Morgan fingerprint density at radius 3 is 2.06 bits per heavy atom. The first-order valence-electron chi connectivity index (χ1n) is 5.01. The Labute approximate surface area is 95.5 Å². The van der Waals surface area contributed by atoms with Gasteiger partial charge in [0, 0.05) is 17.2 Å². The Bertz CT molecular complexity index is 709. The minimum absolute atomic E-state index is 0.147. The van der Waals surface area contributed by atoms with Crippen molar-refractivity contribution in [3.63, 3.8) is 0 Å². The van der Waals surface area contributed by atoms with Gasteiger partial charge < -0.3 is 4.42 Å². The summed E-state index contributed by atoms with van der Waals surface area (Å²) < 4.78 is 4.81. The van der Waals surface area contributed by atoms with Gasteiger partial charge in [-0.2, -0.15) is 0 Å². The first-order valence-corrected chi connectivity index (χ1v) is 5.01. The second kappa shape index (κ2) is 3.25. The van der Waals surface area contributed by atoms with E-state index in [0.717, 1.165) is 6.07 Å². The van der Waals surface area contributed by atoms with Crippen molar-refractivity contribution in [3.05, 3.63) is 69.3 Å².